The highest BCUT2D eigenvalue weighted by Crippen LogP contribution is 2.32. The second kappa shape index (κ2) is 14.4. The average molecular weight is 626 g/mol. The zero-order chi connectivity index (χ0) is 31.1. The number of piperidine rings is 2. The Kier molecular flexibility index (Phi) is 10.3. The standard InChI is InChI=1S/C32H41ClFN7O3/c1-32(2,3)44-31(42)39-28-21-41(15-12-26(28)25-8-4-5-9-27(25)34)30-37-19-24(20-38-30)43-16-6-7-22-10-13-40(14-11-22)29-35-17-23(33)18-36-29/h4-5,8-9,17-20,22,26,28H,6-7,10-16,21H2,1-3H3,(H,39,42). The van der Waals surface area contributed by atoms with Gasteiger partial charge >= 0.3 is 6.09 Å². The smallest absolute Gasteiger partial charge is 0.407 e. The molecule has 2 atom stereocenters. The van der Waals surface area contributed by atoms with Crippen molar-refractivity contribution in [1.29, 1.82) is 0 Å². The second-order valence-electron chi connectivity index (χ2n) is 12.5. The van der Waals surface area contributed by atoms with Gasteiger partial charge in [-0.05, 0) is 70.4 Å². The highest BCUT2D eigenvalue weighted by molar-refractivity contribution is 6.30. The molecule has 2 fully saturated rings. The number of hydrogen-bond acceptors (Lipinski definition) is 9. The number of halogens is 2. The van der Waals surface area contributed by atoms with Gasteiger partial charge < -0.3 is 24.6 Å². The van der Waals surface area contributed by atoms with E-state index in [1.165, 1.54) is 6.07 Å². The summed E-state index contributed by atoms with van der Waals surface area (Å²) in [6.45, 7) is 8.95. The van der Waals surface area contributed by atoms with E-state index in [9.17, 15) is 9.18 Å². The molecule has 1 N–H and O–H groups in total. The first-order valence-electron chi connectivity index (χ1n) is 15.3. The molecule has 0 saturated carbocycles. The first-order chi connectivity index (χ1) is 21.1. The Balaban J connectivity index is 1.10. The number of nitrogens with zero attached hydrogens (tertiary/aromatic N) is 6. The molecule has 0 aliphatic carbocycles. The fraction of sp³-hybridized carbons (Fsp3) is 0.531. The minimum atomic E-state index is -0.643. The fourth-order valence-electron chi connectivity index (χ4n) is 5.89. The zero-order valence-electron chi connectivity index (χ0n) is 25.6. The number of carbonyl (C=O) groups is 1. The summed E-state index contributed by atoms with van der Waals surface area (Å²) in [5.41, 5.74) is -0.0605. The predicted octanol–water partition coefficient (Wildman–Crippen LogP) is 6.02. The van der Waals surface area contributed by atoms with E-state index in [4.69, 9.17) is 21.1 Å². The number of hydrogen-bond donors (Lipinski definition) is 1. The number of aromatic nitrogens is 4. The molecule has 10 nitrogen and oxygen atoms in total. The molecule has 2 unspecified atom stereocenters. The van der Waals surface area contributed by atoms with E-state index in [-0.39, 0.29) is 17.8 Å². The van der Waals surface area contributed by atoms with E-state index < -0.39 is 11.7 Å². The van der Waals surface area contributed by atoms with Gasteiger partial charge in [0.1, 0.15) is 11.4 Å². The molecule has 2 aromatic heterocycles. The summed E-state index contributed by atoms with van der Waals surface area (Å²) in [7, 11) is 0. The molecule has 0 bridgehead atoms. The van der Waals surface area contributed by atoms with Crippen LogP contribution in [0.5, 0.6) is 5.75 Å². The lowest BCUT2D eigenvalue weighted by Gasteiger charge is -2.39. The highest BCUT2D eigenvalue weighted by atomic mass is 35.5. The topological polar surface area (TPSA) is 106 Å². The minimum Gasteiger partial charge on any atom is -0.490 e. The molecule has 1 amide bonds. The van der Waals surface area contributed by atoms with E-state index in [1.807, 2.05) is 31.7 Å². The number of alkyl carbamates (subject to hydrolysis) is 1. The summed E-state index contributed by atoms with van der Waals surface area (Å²) in [6.07, 6.45) is 11.0. The first kappa shape index (κ1) is 31.7. The zero-order valence-corrected chi connectivity index (χ0v) is 26.3. The van der Waals surface area contributed by atoms with Crippen molar-refractivity contribution in [3.63, 3.8) is 0 Å². The van der Waals surface area contributed by atoms with Gasteiger partial charge in [-0.1, -0.05) is 29.8 Å². The number of carbonyl (C=O) groups excluding carboxylic acids is 1. The third-order valence-electron chi connectivity index (χ3n) is 8.05. The van der Waals surface area contributed by atoms with Crippen LogP contribution in [0.15, 0.2) is 49.1 Å². The molecule has 236 valence electrons. The van der Waals surface area contributed by atoms with Crippen LogP contribution < -0.4 is 19.9 Å². The van der Waals surface area contributed by atoms with E-state index in [0.29, 0.717) is 54.3 Å². The van der Waals surface area contributed by atoms with Crippen LogP contribution in [0, 0.1) is 11.7 Å². The maximum absolute atomic E-state index is 14.7. The molecule has 2 aliphatic heterocycles. The first-order valence-corrected chi connectivity index (χ1v) is 15.7. The summed E-state index contributed by atoms with van der Waals surface area (Å²) in [6, 6.07) is 6.33. The molecule has 0 spiro atoms. The van der Waals surface area contributed by atoms with Crippen molar-refractivity contribution < 1.29 is 18.7 Å². The molecule has 3 aromatic rings. The fourth-order valence-corrected chi connectivity index (χ4v) is 5.98. The van der Waals surface area contributed by atoms with E-state index in [0.717, 1.165) is 44.7 Å². The van der Waals surface area contributed by atoms with E-state index in [2.05, 4.69) is 30.2 Å². The Morgan fingerprint density at radius 3 is 2.30 bits per heavy atom. The molecule has 2 saturated heterocycles. The van der Waals surface area contributed by atoms with Gasteiger partial charge in [0.25, 0.3) is 0 Å². The van der Waals surface area contributed by atoms with Crippen LogP contribution in [0.2, 0.25) is 5.02 Å². The van der Waals surface area contributed by atoms with Crippen molar-refractivity contribution in [3.8, 4) is 5.75 Å². The molecule has 12 heteroatoms. The van der Waals surface area contributed by atoms with Gasteiger partial charge in [0.05, 0.1) is 42.5 Å². The number of rotatable bonds is 9. The largest absolute Gasteiger partial charge is 0.490 e. The summed E-state index contributed by atoms with van der Waals surface area (Å²) in [4.78, 5) is 34.7. The van der Waals surface area contributed by atoms with E-state index in [1.54, 1.807) is 36.9 Å². The number of nitrogens with one attached hydrogen (secondary N) is 1. The molecule has 0 radical (unpaired) electrons. The Labute approximate surface area is 263 Å². The molecule has 1 aromatic carbocycles. The lowest BCUT2D eigenvalue weighted by Crippen LogP contribution is -2.53. The monoisotopic (exact) mass is 625 g/mol. The summed E-state index contributed by atoms with van der Waals surface area (Å²) in [5.74, 6) is 2.06. The van der Waals surface area contributed by atoms with Crippen molar-refractivity contribution in [2.75, 3.05) is 42.6 Å². The maximum Gasteiger partial charge on any atom is 0.407 e. The lowest BCUT2D eigenvalue weighted by molar-refractivity contribution is 0.0492. The average Bonchev–Trinajstić information content (AvgIpc) is 3.00. The van der Waals surface area contributed by atoms with Crippen LogP contribution >= 0.6 is 11.6 Å². The molecule has 2 aliphatic rings. The minimum absolute atomic E-state index is 0.208. The van der Waals surface area contributed by atoms with Gasteiger partial charge in [-0.15, -0.1) is 0 Å². The third-order valence-corrected chi connectivity index (χ3v) is 8.24. The number of amides is 1. The van der Waals surface area contributed by atoms with Crippen LogP contribution in [-0.2, 0) is 4.74 Å². The Bertz CT molecular complexity index is 1370. The molecular formula is C32H41ClFN7O3. The van der Waals surface area contributed by atoms with Gasteiger partial charge in [0, 0.05) is 32.1 Å². The van der Waals surface area contributed by atoms with Crippen LogP contribution in [0.3, 0.4) is 0 Å². The van der Waals surface area contributed by atoms with Crippen molar-refractivity contribution in [2.24, 2.45) is 5.92 Å². The predicted molar refractivity (Wildman–Crippen MR) is 168 cm³/mol. The van der Waals surface area contributed by atoms with Crippen LogP contribution in [0.1, 0.15) is 64.4 Å². The molecule has 5 rings (SSSR count). The van der Waals surface area contributed by atoms with Crippen molar-refractivity contribution in [2.45, 2.75) is 70.4 Å². The Hall–Kier alpha value is -3.73. The third kappa shape index (κ3) is 8.68. The van der Waals surface area contributed by atoms with Gasteiger partial charge in [-0.25, -0.2) is 29.1 Å². The van der Waals surface area contributed by atoms with Crippen LogP contribution in [0.4, 0.5) is 21.1 Å². The van der Waals surface area contributed by atoms with Gasteiger partial charge in [-0.3, -0.25) is 0 Å². The van der Waals surface area contributed by atoms with E-state index >= 15 is 0 Å². The summed E-state index contributed by atoms with van der Waals surface area (Å²) in [5, 5.41) is 3.52. The Morgan fingerprint density at radius 2 is 1.61 bits per heavy atom. The van der Waals surface area contributed by atoms with Crippen molar-refractivity contribution in [1.82, 2.24) is 25.3 Å². The number of benzene rings is 1. The van der Waals surface area contributed by atoms with Crippen molar-refractivity contribution >= 4 is 29.6 Å². The Morgan fingerprint density at radius 1 is 0.977 bits per heavy atom. The van der Waals surface area contributed by atoms with Gasteiger partial charge in [0.2, 0.25) is 11.9 Å². The second-order valence-corrected chi connectivity index (χ2v) is 12.9. The van der Waals surface area contributed by atoms with Crippen LogP contribution in [-0.4, -0.2) is 70.5 Å². The maximum atomic E-state index is 14.7. The summed E-state index contributed by atoms with van der Waals surface area (Å²) >= 11 is 5.90. The van der Waals surface area contributed by atoms with Gasteiger partial charge in [-0.2, -0.15) is 0 Å². The van der Waals surface area contributed by atoms with Gasteiger partial charge in [0.15, 0.2) is 5.75 Å². The van der Waals surface area contributed by atoms with Crippen LogP contribution in [0.25, 0.3) is 0 Å². The summed E-state index contributed by atoms with van der Waals surface area (Å²) < 4.78 is 26.2. The quantitative estimate of drug-likeness (QED) is 0.286. The normalized spacial score (nSPS) is 19.5. The SMILES string of the molecule is CC(C)(C)OC(=O)NC1CN(c2ncc(OCCCC3CCN(c4ncc(Cl)cn4)CC3)cn2)CCC1c1ccccc1F. The molecule has 44 heavy (non-hydrogen) atoms. The molecule has 4 heterocycles. The highest BCUT2D eigenvalue weighted by Gasteiger charge is 2.35. The number of ether oxygens (including phenoxy) is 2. The van der Waals surface area contributed by atoms with Crippen molar-refractivity contribution in [3.05, 3.63) is 65.5 Å². The number of anilines is 2. The molecular weight excluding hydrogens is 585 g/mol. The lowest BCUT2D eigenvalue weighted by atomic mass is 9.85.